The number of hydrogen-bond donors (Lipinski definition) is 0. The van der Waals surface area contributed by atoms with Gasteiger partial charge < -0.3 is 9.42 Å². The molecule has 1 aliphatic carbocycles. The van der Waals surface area contributed by atoms with Gasteiger partial charge >= 0.3 is 0 Å². The molecule has 1 aromatic rings. The van der Waals surface area contributed by atoms with Crippen LogP contribution < -0.4 is 0 Å². The quantitative estimate of drug-likeness (QED) is 0.821. The van der Waals surface area contributed by atoms with Crippen molar-refractivity contribution in [2.24, 2.45) is 5.92 Å². The van der Waals surface area contributed by atoms with Crippen molar-refractivity contribution in [3.05, 3.63) is 17.0 Å². The van der Waals surface area contributed by atoms with Gasteiger partial charge in [0.25, 0.3) is 5.91 Å². The molecule has 0 aromatic carbocycles. The Bertz CT molecular complexity index is 433. The fourth-order valence-corrected chi connectivity index (χ4v) is 2.75. The zero-order valence-corrected chi connectivity index (χ0v) is 12.2. The second kappa shape index (κ2) is 6.22. The Balaban J connectivity index is 2.21. The molecule has 1 aromatic heterocycles. The van der Waals surface area contributed by atoms with Crippen LogP contribution >= 0.6 is 0 Å². The van der Waals surface area contributed by atoms with E-state index in [1.165, 1.54) is 0 Å². The Hall–Kier alpha value is -1.32. The van der Waals surface area contributed by atoms with Crippen LogP contribution in [0, 0.1) is 5.92 Å². The molecule has 0 aliphatic heterocycles. The molecule has 106 valence electrons. The van der Waals surface area contributed by atoms with Crippen LogP contribution in [0.4, 0.5) is 0 Å². The monoisotopic (exact) mass is 264 g/mol. The topological polar surface area (TPSA) is 46.3 Å². The summed E-state index contributed by atoms with van der Waals surface area (Å²) in [5.74, 6) is 1.58. The van der Waals surface area contributed by atoms with Crippen molar-refractivity contribution in [3.63, 3.8) is 0 Å². The molecular formula is C15H24N2O2. The van der Waals surface area contributed by atoms with E-state index in [1.807, 2.05) is 4.90 Å². The average Bonchev–Trinajstić information content (AvgIpc) is 2.80. The Morgan fingerprint density at radius 3 is 2.68 bits per heavy atom. The van der Waals surface area contributed by atoms with E-state index in [9.17, 15) is 4.79 Å². The smallest absolute Gasteiger partial charge is 0.276 e. The lowest BCUT2D eigenvalue weighted by Gasteiger charge is -2.22. The zero-order chi connectivity index (χ0) is 13.8. The first kappa shape index (κ1) is 14.1. The maximum Gasteiger partial charge on any atom is 0.276 e. The summed E-state index contributed by atoms with van der Waals surface area (Å²) in [6.07, 6.45) is 4.91. The van der Waals surface area contributed by atoms with E-state index in [0.717, 1.165) is 56.5 Å². The molecule has 1 aliphatic rings. The number of fused-ring (bicyclic) bond motifs is 1. The van der Waals surface area contributed by atoms with Gasteiger partial charge in [-0.25, -0.2) is 0 Å². The van der Waals surface area contributed by atoms with Gasteiger partial charge in [0.15, 0.2) is 5.69 Å². The third-order valence-electron chi connectivity index (χ3n) is 3.76. The average molecular weight is 264 g/mol. The highest BCUT2D eigenvalue weighted by atomic mass is 16.5. The van der Waals surface area contributed by atoms with Gasteiger partial charge in [-0.1, -0.05) is 25.9 Å². The minimum absolute atomic E-state index is 0.0443. The van der Waals surface area contributed by atoms with Gasteiger partial charge in [-0.15, -0.1) is 0 Å². The summed E-state index contributed by atoms with van der Waals surface area (Å²) in [5.41, 5.74) is 1.62. The number of nitrogens with zero attached hydrogens (tertiary/aromatic N) is 2. The predicted octanol–water partition coefficient (Wildman–Crippen LogP) is 3.06. The van der Waals surface area contributed by atoms with E-state index in [4.69, 9.17) is 4.52 Å². The van der Waals surface area contributed by atoms with Crippen LogP contribution in [-0.4, -0.2) is 29.1 Å². The van der Waals surface area contributed by atoms with E-state index < -0.39 is 0 Å². The SMILES string of the molecule is CCCN(CCC)C(=O)c1noc2c1C[C@@H](C)CC2. The van der Waals surface area contributed by atoms with Crippen LogP contribution in [0.2, 0.25) is 0 Å². The van der Waals surface area contributed by atoms with Crippen LogP contribution in [0.5, 0.6) is 0 Å². The van der Waals surface area contributed by atoms with E-state index in [-0.39, 0.29) is 5.91 Å². The van der Waals surface area contributed by atoms with Crippen LogP contribution in [-0.2, 0) is 12.8 Å². The van der Waals surface area contributed by atoms with E-state index >= 15 is 0 Å². The molecule has 19 heavy (non-hydrogen) atoms. The molecular weight excluding hydrogens is 240 g/mol. The Labute approximate surface area is 115 Å². The van der Waals surface area contributed by atoms with Crippen molar-refractivity contribution >= 4 is 5.91 Å². The van der Waals surface area contributed by atoms with Crippen molar-refractivity contribution < 1.29 is 9.32 Å². The number of aryl methyl sites for hydroxylation is 1. The number of amides is 1. The Morgan fingerprint density at radius 2 is 2.05 bits per heavy atom. The van der Waals surface area contributed by atoms with Crippen molar-refractivity contribution in [2.75, 3.05) is 13.1 Å². The molecule has 1 atom stereocenters. The summed E-state index contributed by atoms with van der Waals surface area (Å²) in [6.45, 7) is 8.00. The molecule has 0 spiro atoms. The van der Waals surface area contributed by atoms with Gasteiger partial charge in [0.05, 0.1) is 0 Å². The molecule has 0 radical (unpaired) electrons. The standard InChI is InChI=1S/C15H24N2O2/c1-4-8-17(9-5-2)15(18)14-12-10-11(3)6-7-13(12)19-16-14/h11H,4-10H2,1-3H3/t11-/m0/s1. The molecule has 1 heterocycles. The van der Waals surface area contributed by atoms with Gasteiger partial charge in [-0.05, 0) is 31.6 Å². The molecule has 0 saturated heterocycles. The van der Waals surface area contributed by atoms with Gasteiger partial charge in [-0.2, -0.15) is 0 Å². The van der Waals surface area contributed by atoms with Crippen molar-refractivity contribution in [2.45, 2.75) is 52.9 Å². The zero-order valence-electron chi connectivity index (χ0n) is 12.2. The third kappa shape index (κ3) is 2.99. The van der Waals surface area contributed by atoms with Gasteiger partial charge in [0.2, 0.25) is 0 Å². The molecule has 0 unspecified atom stereocenters. The van der Waals surface area contributed by atoms with Crippen LogP contribution in [0.3, 0.4) is 0 Å². The molecule has 0 bridgehead atoms. The number of hydrogen-bond acceptors (Lipinski definition) is 3. The Kier molecular flexibility index (Phi) is 4.61. The highest BCUT2D eigenvalue weighted by Crippen LogP contribution is 2.28. The maximum absolute atomic E-state index is 12.6. The number of rotatable bonds is 5. The summed E-state index contributed by atoms with van der Waals surface area (Å²) in [4.78, 5) is 14.5. The molecule has 1 amide bonds. The second-order valence-corrected chi connectivity index (χ2v) is 5.57. The van der Waals surface area contributed by atoms with Crippen LogP contribution in [0.1, 0.15) is 61.8 Å². The minimum atomic E-state index is 0.0443. The van der Waals surface area contributed by atoms with E-state index in [1.54, 1.807) is 0 Å². The van der Waals surface area contributed by atoms with Gasteiger partial charge in [0, 0.05) is 25.1 Å². The number of carbonyl (C=O) groups is 1. The summed E-state index contributed by atoms with van der Waals surface area (Å²) < 4.78 is 5.37. The van der Waals surface area contributed by atoms with Crippen LogP contribution in [0.25, 0.3) is 0 Å². The van der Waals surface area contributed by atoms with Gasteiger partial charge in [-0.3, -0.25) is 4.79 Å². The lowest BCUT2D eigenvalue weighted by atomic mass is 9.88. The van der Waals surface area contributed by atoms with Crippen molar-refractivity contribution in [1.29, 1.82) is 0 Å². The predicted molar refractivity (Wildman–Crippen MR) is 74.2 cm³/mol. The Morgan fingerprint density at radius 1 is 1.37 bits per heavy atom. The lowest BCUT2D eigenvalue weighted by Crippen LogP contribution is -2.33. The summed E-state index contributed by atoms with van der Waals surface area (Å²) in [6, 6.07) is 0. The van der Waals surface area contributed by atoms with E-state index in [0.29, 0.717) is 11.6 Å². The highest BCUT2D eigenvalue weighted by molar-refractivity contribution is 5.93. The summed E-state index contributed by atoms with van der Waals surface area (Å²) >= 11 is 0. The first-order valence-corrected chi connectivity index (χ1v) is 7.44. The molecule has 0 saturated carbocycles. The molecule has 0 fully saturated rings. The van der Waals surface area contributed by atoms with Crippen LogP contribution in [0.15, 0.2) is 4.52 Å². The highest BCUT2D eigenvalue weighted by Gasteiger charge is 2.28. The molecule has 4 nitrogen and oxygen atoms in total. The first-order chi connectivity index (χ1) is 9.17. The summed E-state index contributed by atoms with van der Waals surface area (Å²) in [7, 11) is 0. The fraction of sp³-hybridized carbons (Fsp3) is 0.733. The summed E-state index contributed by atoms with van der Waals surface area (Å²) in [5, 5.41) is 4.05. The maximum atomic E-state index is 12.6. The number of aromatic nitrogens is 1. The van der Waals surface area contributed by atoms with Crippen molar-refractivity contribution in [3.8, 4) is 0 Å². The normalized spacial score (nSPS) is 18.2. The largest absolute Gasteiger partial charge is 0.360 e. The van der Waals surface area contributed by atoms with E-state index in [2.05, 4.69) is 25.9 Å². The fourth-order valence-electron chi connectivity index (χ4n) is 2.75. The second-order valence-electron chi connectivity index (χ2n) is 5.57. The van der Waals surface area contributed by atoms with Gasteiger partial charge in [0.1, 0.15) is 5.76 Å². The minimum Gasteiger partial charge on any atom is -0.360 e. The first-order valence-electron chi connectivity index (χ1n) is 7.44. The molecule has 0 N–H and O–H groups in total. The molecule has 2 rings (SSSR count). The molecule has 4 heteroatoms. The number of carbonyl (C=O) groups excluding carboxylic acids is 1. The lowest BCUT2D eigenvalue weighted by molar-refractivity contribution is 0.0744. The van der Waals surface area contributed by atoms with Crippen molar-refractivity contribution in [1.82, 2.24) is 10.1 Å². The third-order valence-corrected chi connectivity index (χ3v) is 3.76.